The van der Waals surface area contributed by atoms with E-state index in [0.717, 1.165) is 12.1 Å². The van der Waals surface area contributed by atoms with Gasteiger partial charge in [0.15, 0.2) is 5.13 Å². The van der Waals surface area contributed by atoms with Crippen LogP contribution < -0.4 is 5.32 Å². The molecule has 15 heavy (non-hydrogen) atoms. The second kappa shape index (κ2) is 4.61. The van der Waals surface area contributed by atoms with Crippen LogP contribution in [0.15, 0.2) is 5.38 Å². The Kier molecular flexibility index (Phi) is 3.68. The van der Waals surface area contributed by atoms with Gasteiger partial charge in [-0.05, 0) is 27.2 Å². The van der Waals surface area contributed by atoms with Crippen LogP contribution >= 0.6 is 11.3 Å². The Morgan fingerprint density at radius 2 is 2.27 bits per heavy atom. The lowest BCUT2D eigenvalue weighted by atomic mass is 10.2. The minimum absolute atomic E-state index is 0.459. The summed E-state index contributed by atoms with van der Waals surface area (Å²) in [5, 5.41) is 5.11. The number of nitrogens with one attached hydrogen (secondary N) is 1. The highest BCUT2D eigenvalue weighted by Gasteiger charge is 2.16. The number of aryl methyl sites for hydroxylation is 1. The summed E-state index contributed by atoms with van der Waals surface area (Å²) in [7, 11) is 0. The molecule has 0 unspecified atom stereocenters. The number of hydrogen-bond acceptors (Lipinski definition) is 4. The first-order valence-corrected chi connectivity index (χ1v) is 5.73. The first-order valence-electron chi connectivity index (χ1n) is 4.85. The van der Waals surface area contributed by atoms with Crippen LogP contribution in [0.4, 0.5) is 9.93 Å². The van der Waals surface area contributed by atoms with E-state index in [9.17, 15) is 4.79 Å². The molecule has 1 heterocycles. The van der Waals surface area contributed by atoms with Gasteiger partial charge in [0.2, 0.25) is 0 Å². The molecule has 0 aliphatic heterocycles. The summed E-state index contributed by atoms with van der Waals surface area (Å²) < 4.78 is 5.10. The maximum Gasteiger partial charge on any atom is 0.413 e. The van der Waals surface area contributed by atoms with Crippen molar-refractivity contribution in [2.75, 3.05) is 5.32 Å². The molecule has 0 atom stereocenters. The average Bonchev–Trinajstić information content (AvgIpc) is 2.48. The number of hydrogen-bond donors (Lipinski definition) is 1. The minimum atomic E-state index is -0.477. The van der Waals surface area contributed by atoms with Gasteiger partial charge in [-0.15, -0.1) is 11.3 Å². The van der Waals surface area contributed by atoms with E-state index in [4.69, 9.17) is 4.74 Å². The van der Waals surface area contributed by atoms with Crippen molar-refractivity contribution in [2.24, 2.45) is 0 Å². The summed E-state index contributed by atoms with van der Waals surface area (Å²) in [6.45, 7) is 7.50. The molecule has 0 bridgehead atoms. The highest BCUT2D eigenvalue weighted by molar-refractivity contribution is 7.13. The second-order valence-electron chi connectivity index (χ2n) is 4.12. The zero-order valence-corrected chi connectivity index (χ0v) is 10.3. The molecule has 1 rings (SSSR count). The number of nitrogens with zero attached hydrogens (tertiary/aromatic N) is 1. The van der Waals surface area contributed by atoms with E-state index in [2.05, 4.69) is 10.3 Å². The number of carbonyl (C=O) groups is 1. The molecule has 0 fully saturated rings. The van der Waals surface area contributed by atoms with Crippen LogP contribution in [0.1, 0.15) is 33.4 Å². The monoisotopic (exact) mass is 228 g/mol. The molecular weight excluding hydrogens is 212 g/mol. The van der Waals surface area contributed by atoms with Crippen molar-refractivity contribution in [3.63, 3.8) is 0 Å². The summed E-state index contributed by atoms with van der Waals surface area (Å²) in [6, 6.07) is 0. The van der Waals surface area contributed by atoms with Crippen LogP contribution in [-0.2, 0) is 11.2 Å². The van der Waals surface area contributed by atoms with Crippen molar-refractivity contribution < 1.29 is 9.53 Å². The molecule has 1 aromatic heterocycles. The number of anilines is 1. The predicted molar refractivity (Wildman–Crippen MR) is 61.3 cm³/mol. The Morgan fingerprint density at radius 1 is 1.60 bits per heavy atom. The summed E-state index contributed by atoms with van der Waals surface area (Å²) >= 11 is 1.41. The topological polar surface area (TPSA) is 51.2 Å². The lowest BCUT2D eigenvalue weighted by Crippen LogP contribution is -2.27. The largest absolute Gasteiger partial charge is 0.444 e. The first kappa shape index (κ1) is 12.0. The maximum atomic E-state index is 11.4. The molecule has 1 N–H and O–H groups in total. The van der Waals surface area contributed by atoms with E-state index in [0.29, 0.717) is 5.13 Å². The zero-order chi connectivity index (χ0) is 11.5. The van der Waals surface area contributed by atoms with Crippen LogP contribution in [0.2, 0.25) is 0 Å². The molecule has 1 aromatic rings. The molecule has 0 aliphatic carbocycles. The van der Waals surface area contributed by atoms with E-state index in [1.807, 2.05) is 33.1 Å². The number of thiazole rings is 1. The Morgan fingerprint density at radius 3 is 2.73 bits per heavy atom. The van der Waals surface area contributed by atoms with E-state index in [1.54, 1.807) is 0 Å². The van der Waals surface area contributed by atoms with Crippen LogP contribution in [-0.4, -0.2) is 16.7 Å². The number of carbonyl (C=O) groups excluding carboxylic acids is 1. The third-order valence-electron chi connectivity index (χ3n) is 1.52. The number of ether oxygens (including phenoxy) is 1. The van der Waals surface area contributed by atoms with Gasteiger partial charge in [0, 0.05) is 5.38 Å². The van der Waals surface area contributed by atoms with Crippen molar-refractivity contribution in [2.45, 2.75) is 39.7 Å². The molecule has 4 nitrogen and oxygen atoms in total. The highest BCUT2D eigenvalue weighted by Crippen LogP contribution is 2.17. The Hall–Kier alpha value is -1.10. The van der Waals surface area contributed by atoms with Crippen LogP contribution in [0.3, 0.4) is 0 Å². The molecule has 5 heteroatoms. The van der Waals surface area contributed by atoms with Crippen molar-refractivity contribution in [1.29, 1.82) is 0 Å². The predicted octanol–water partition coefficient (Wildman–Crippen LogP) is 3.05. The van der Waals surface area contributed by atoms with Crippen LogP contribution in [0, 0.1) is 0 Å². The maximum absolute atomic E-state index is 11.4. The summed E-state index contributed by atoms with van der Waals surface area (Å²) in [6.07, 6.45) is 0.409. The Balaban J connectivity index is 2.51. The van der Waals surface area contributed by atoms with Gasteiger partial charge in [0.1, 0.15) is 5.60 Å². The van der Waals surface area contributed by atoms with Gasteiger partial charge in [0.05, 0.1) is 5.69 Å². The lowest BCUT2D eigenvalue weighted by molar-refractivity contribution is 0.0636. The van der Waals surface area contributed by atoms with Crippen molar-refractivity contribution in [3.05, 3.63) is 11.1 Å². The van der Waals surface area contributed by atoms with Crippen molar-refractivity contribution in [3.8, 4) is 0 Å². The van der Waals surface area contributed by atoms with Crippen LogP contribution in [0.25, 0.3) is 0 Å². The van der Waals surface area contributed by atoms with E-state index >= 15 is 0 Å². The summed E-state index contributed by atoms with van der Waals surface area (Å²) in [4.78, 5) is 15.6. The third-order valence-corrected chi connectivity index (χ3v) is 2.33. The fourth-order valence-corrected chi connectivity index (χ4v) is 1.70. The molecule has 1 amide bonds. The highest BCUT2D eigenvalue weighted by atomic mass is 32.1. The number of amides is 1. The van der Waals surface area contributed by atoms with E-state index < -0.39 is 11.7 Å². The summed E-state index contributed by atoms with van der Waals surface area (Å²) in [5.74, 6) is 0. The van der Waals surface area contributed by atoms with Crippen molar-refractivity contribution >= 4 is 22.6 Å². The van der Waals surface area contributed by atoms with E-state index in [1.165, 1.54) is 11.3 Å². The second-order valence-corrected chi connectivity index (χ2v) is 4.98. The number of rotatable bonds is 2. The Labute approximate surface area is 93.7 Å². The van der Waals surface area contributed by atoms with Crippen LogP contribution in [0.5, 0.6) is 0 Å². The quantitative estimate of drug-likeness (QED) is 0.846. The average molecular weight is 228 g/mol. The van der Waals surface area contributed by atoms with Gasteiger partial charge in [-0.25, -0.2) is 9.78 Å². The molecule has 84 valence electrons. The molecule has 0 spiro atoms. The van der Waals surface area contributed by atoms with Gasteiger partial charge in [0.25, 0.3) is 0 Å². The van der Waals surface area contributed by atoms with Gasteiger partial charge < -0.3 is 4.74 Å². The van der Waals surface area contributed by atoms with Gasteiger partial charge in [-0.1, -0.05) is 6.92 Å². The van der Waals surface area contributed by atoms with Gasteiger partial charge in [-0.3, -0.25) is 5.32 Å². The Bertz CT molecular complexity index is 341. The zero-order valence-electron chi connectivity index (χ0n) is 9.46. The fourth-order valence-electron chi connectivity index (χ4n) is 0.918. The van der Waals surface area contributed by atoms with Gasteiger partial charge >= 0.3 is 6.09 Å². The molecule has 0 aliphatic rings. The lowest BCUT2D eigenvalue weighted by Gasteiger charge is -2.18. The summed E-state index contributed by atoms with van der Waals surface area (Å²) in [5.41, 5.74) is 0.501. The molecule has 0 saturated heterocycles. The minimum Gasteiger partial charge on any atom is -0.444 e. The third kappa shape index (κ3) is 4.29. The molecular formula is C10H16N2O2S. The molecule has 0 saturated carbocycles. The van der Waals surface area contributed by atoms with Gasteiger partial charge in [-0.2, -0.15) is 0 Å². The molecule has 0 radical (unpaired) electrons. The van der Waals surface area contributed by atoms with E-state index in [-0.39, 0.29) is 0 Å². The smallest absolute Gasteiger partial charge is 0.413 e. The fraction of sp³-hybridized carbons (Fsp3) is 0.600. The number of aromatic nitrogens is 1. The molecule has 0 aromatic carbocycles. The van der Waals surface area contributed by atoms with Crippen molar-refractivity contribution in [1.82, 2.24) is 4.98 Å². The SMILES string of the molecule is CCc1csc(NC(=O)OC(C)(C)C)n1. The normalized spacial score (nSPS) is 11.2. The standard InChI is InChI=1S/C10H16N2O2S/c1-5-7-6-15-8(11-7)12-9(13)14-10(2,3)4/h6H,5H2,1-4H3,(H,11,12,13). The first-order chi connectivity index (χ1) is 6.90.